The maximum absolute atomic E-state index is 6.26. The molecule has 0 amide bonds. The monoisotopic (exact) mass is 268 g/mol. The van der Waals surface area contributed by atoms with Crippen LogP contribution in [0.25, 0.3) is 0 Å². The molecule has 2 saturated heterocycles. The van der Waals surface area contributed by atoms with Gasteiger partial charge in [-0.05, 0) is 66.3 Å². The Kier molecular flexibility index (Phi) is 5.23. The Morgan fingerprint density at radius 2 is 1.74 bits per heavy atom. The lowest BCUT2D eigenvalue weighted by Gasteiger charge is -2.46. The molecule has 2 heterocycles. The average Bonchev–Trinajstić information content (AvgIpc) is 2.66. The highest BCUT2D eigenvalue weighted by Crippen LogP contribution is 2.31. The fraction of sp³-hybridized carbons (Fsp3) is 1.00. The molecule has 4 heteroatoms. The Balaban J connectivity index is 2.14. The fourth-order valence-electron chi connectivity index (χ4n) is 4.00. The van der Waals surface area contributed by atoms with Crippen LogP contribution >= 0.6 is 0 Å². The molecule has 0 bridgehead atoms. The Bertz CT molecular complexity index is 283. The second-order valence-electron chi connectivity index (χ2n) is 6.74. The molecular weight excluding hydrogens is 236 g/mol. The summed E-state index contributed by atoms with van der Waals surface area (Å²) in [4.78, 5) is 7.68. The van der Waals surface area contributed by atoms with E-state index in [1.165, 1.54) is 58.4 Å². The Morgan fingerprint density at radius 1 is 1.00 bits per heavy atom. The molecule has 0 saturated carbocycles. The van der Waals surface area contributed by atoms with Gasteiger partial charge < -0.3 is 15.5 Å². The third kappa shape index (κ3) is 3.48. The first-order chi connectivity index (χ1) is 9.07. The van der Waals surface area contributed by atoms with Gasteiger partial charge in [-0.3, -0.25) is 4.90 Å². The smallest absolute Gasteiger partial charge is 0.0347 e. The zero-order chi connectivity index (χ0) is 13.9. The fourth-order valence-corrected chi connectivity index (χ4v) is 4.00. The number of hydrogen-bond acceptors (Lipinski definition) is 4. The van der Waals surface area contributed by atoms with Crippen molar-refractivity contribution in [1.82, 2.24) is 14.7 Å². The molecule has 0 spiro atoms. The van der Waals surface area contributed by atoms with Gasteiger partial charge in [0.2, 0.25) is 0 Å². The van der Waals surface area contributed by atoms with E-state index in [0.717, 1.165) is 6.54 Å². The van der Waals surface area contributed by atoms with Gasteiger partial charge in [0.05, 0.1) is 0 Å². The van der Waals surface area contributed by atoms with E-state index in [-0.39, 0.29) is 5.54 Å². The van der Waals surface area contributed by atoms with Gasteiger partial charge in [-0.1, -0.05) is 0 Å². The summed E-state index contributed by atoms with van der Waals surface area (Å²) in [6.07, 6.45) is 5.06. The highest BCUT2D eigenvalue weighted by atomic mass is 15.3. The lowest BCUT2D eigenvalue weighted by atomic mass is 9.87. The number of likely N-dealkylation sites (N-methyl/N-ethyl adjacent to an activating group) is 1. The Hall–Kier alpha value is -0.160. The van der Waals surface area contributed by atoms with Crippen LogP contribution < -0.4 is 5.73 Å². The minimum Gasteiger partial charge on any atom is -0.329 e. The Morgan fingerprint density at radius 3 is 2.47 bits per heavy atom. The molecule has 2 N–H and O–H groups in total. The lowest BCUT2D eigenvalue weighted by molar-refractivity contribution is 0.0444. The third-order valence-electron chi connectivity index (χ3n) is 5.18. The van der Waals surface area contributed by atoms with Crippen molar-refractivity contribution in [1.29, 1.82) is 0 Å². The number of nitrogens with two attached hydrogens (primary N) is 1. The van der Waals surface area contributed by atoms with E-state index in [1.807, 2.05) is 0 Å². The minimum atomic E-state index is 0.245. The van der Waals surface area contributed by atoms with Crippen molar-refractivity contribution in [3.63, 3.8) is 0 Å². The molecule has 2 atom stereocenters. The highest BCUT2D eigenvalue weighted by molar-refractivity contribution is 4.97. The second-order valence-corrected chi connectivity index (χ2v) is 6.74. The largest absolute Gasteiger partial charge is 0.329 e. The number of hydrogen-bond donors (Lipinski definition) is 1. The zero-order valence-corrected chi connectivity index (χ0v) is 13.1. The molecule has 2 unspecified atom stereocenters. The highest BCUT2D eigenvalue weighted by Gasteiger charge is 2.39. The molecule has 112 valence electrons. The second kappa shape index (κ2) is 6.53. The minimum absolute atomic E-state index is 0.245. The van der Waals surface area contributed by atoms with Crippen molar-refractivity contribution < 1.29 is 0 Å². The van der Waals surface area contributed by atoms with Gasteiger partial charge in [0.15, 0.2) is 0 Å². The maximum Gasteiger partial charge on any atom is 0.0347 e. The summed E-state index contributed by atoms with van der Waals surface area (Å²) in [5, 5.41) is 0. The van der Waals surface area contributed by atoms with Gasteiger partial charge in [0.1, 0.15) is 0 Å². The molecule has 0 aromatic carbocycles. The van der Waals surface area contributed by atoms with E-state index in [2.05, 4.69) is 35.7 Å². The van der Waals surface area contributed by atoms with Crippen LogP contribution in [0.15, 0.2) is 0 Å². The molecule has 2 aliphatic rings. The van der Waals surface area contributed by atoms with Crippen LogP contribution in [0.1, 0.15) is 32.6 Å². The zero-order valence-electron chi connectivity index (χ0n) is 13.1. The van der Waals surface area contributed by atoms with Crippen LogP contribution in [0, 0.1) is 0 Å². The van der Waals surface area contributed by atoms with E-state index >= 15 is 0 Å². The third-order valence-corrected chi connectivity index (χ3v) is 5.18. The van der Waals surface area contributed by atoms with Crippen molar-refractivity contribution in [2.75, 3.05) is 53.4 Å². The van der Waals surface area contributed by atoms with Gasteiger partial charge >= 0.3 is 0 Å². The van der Waals surface area contributed by atoms with Crippen LogP contribution in [-0.4, -0.2) is 79.6 Å². The molecule has 2 aliphatic heterocycles. The van der Waals surface area contributed by atoms with Gasteiger partial charge in [0, 0.05) is 31.2 Å². The molecule has 2 fully saturated rings. The summed E-state index contributed by atoms with van der Waals surface area (Å²) in [5.41, 5.74) is 6.50. The van der Waals surface area contributed by atoms with Crippen LogP contribution in [-0.2, 0) is 0 Å². The first-order valence-corrected chi connectivity index (χ1v) is 7.91. The molecular formula is C15H32N4. The van der Waals surface area contributed by atoms with Gasteiger partial charge in [-0.2, -0.15) is 0 Å². The predicted molar refractivity (Wildman–Crippen MR) is 81.4 cm³/mol. The number of likely N-dealkylation sites (tertiary alicyclic amines) is 1. The molecule has 0 radical (unpaired) electrons. The van der Waals surface area contributed by atoms with Crippen LogP contribution in [0.3, 0.4) is 0 Å². The summed E-state index contributed by atoms with van der Waals surface area (Å²) in [7, 11) is 4.49. The van der Waals surface area contributed by atoms with E-state index in [4.69, 9.17) is 5.73 Å². The van der Waals surface area contributed by atoms with Gasteiger partial charge in [-0.15, -0.1) is 0 Å². The van der Waals surface area contributed by atoms with E-state index in [0.29, 0.717) is 6.04 Å². The molecule has 19 heavy (non-hydrogen) atoms. The quantitative estimate of drug-likeness (QED) is 0.804. The first kappa shape index (κ1) is 15.2. The van der Waals surface area contributed by atoms with Crippen LogP contribution in [0.5, 0.6) is 0 Å². The van der Waals surface area contributed by atoms with Gasteiger partial charge in [0.25, 0.3) is 0 Å². The summed E-state index contributed by atoms with van der Waals surface area (Å²) in [5.74, 6) is 0. The molecule has 2 rings (SSSR count). The van der Waals surface area contributed by atoms with Crippen molar-refractivity contribution in [3.05, 3.63) is 0 Å². The SMILES string of the molecule is CC1CN(C)CCCN1C1(CN)CCCN(C)CC1. The van der Waals surface area contributed by atoms with E-state index in [9.17, 15) is 0 Å². The molecule has 0 aromatic rings. The molecule has 0 aromatic heterocycles. The normalized spacial score (nSPS) is 36.9. The first-order valence-electron chi connectivity index (χ1n) is 7.91. The summed E-state index contributed by atoms with van der Waals surface area (Å²) < 4.78 is 0. The topological polar surface area (TPSA) is 35.7 Å². The van der Waals surface area contributed by atoms with Crippen molar-refractivity contribution >= 4 is 0 Å². The van der Waals surface area contributed by atoms with Crippen LogP contribution in [0.2, 0.25) is 0 Å². The number of rotatable bonds is 2. The van der Waals surface area contributed by atoms with Crippen molar-refractivity contribution in [2.45, 2.75) is 44.2 Å². The summed E-state index contributed by atoms with van der Waals surface area (Å²) >= 11 is 0. The van der Waals surface area contributed by atoms with Crippen molar-refractivity contribution in [3.8, 4) is 0 Å². The standard InChI is InChI=1S/C15H32N4/c1-14-12-18(3)9-5-10-19(14)15(13-16)6-4-8-17(2)11-7-15/h14H,4-13,16H2,1-3H3. The lowest BCUT2D eigenvalue weighted by Crippen LogP contribution is -2.58. The van der Waals surface area contributed by atoms with Crippen molar-refractivity contribution in [2.24, 2.45) is 5.73 Å². The summed E-state index contributed by atoms with van der Waals surface area (Å²) in [6.45, 7) is 9.23. The molecule has 0 aliphatic carbocycles. The number of nitrogens with zero attached hydrogens (tertiary/aromatic N) is 3. The van der Waals surface area contributed by atoms with Crippen LogP contribution in [0.4, 0.5) is 0 Å². The predicted octanol–water partition coefficient (Wildman–Crippen LogP) is 0.826. The average molecular weight is 268 g/mol. The summed E-state index contributed by atoms with van der Waals surface area (Å²) in [6, 6.07) is 0.624. The van der Waals surface area contributed by atoms with Gasteiger partial charge in [-0.25, -0.2) is 0 Å². The Labute approximate surface area is 118 Å². The van der Waals surface area contributed by atoms with E-state index in [1.54, 1.807) is 0 Å². The molecule has 4 nitrogen and oxygen atoms in total. The maximum atomic E-state index is 6.26. The van der Waals surface area contributed by atoms with E-state index < -0.39 is 0 Å².